The number of nitrogens with one attached hydrogen (secondary N) is 1. The van der Waals surface area contributed by atoms with E-state index in [4.69, 9.17) is 11.6 Å². The van der Waals surface area contributed by atoms with E-state index < -0.39 is 0 Å². The van der Waals surface area contributed by atoms with Gasteiger partial charge in [0.1, 0.15) is 5.15 Å². The minimum atomic E-state index is 0.0509. The molecule has 3 aromatic rings. The van der Waals surface area contributed by atoms with Crippen LogP contribution in [0.1, 0.15) is 42.1 Å². The van der Waals surface area contributed by atoms with Gasteiger partial charge in [-0.1, -0.05) is 30.7 Å². The Morgan fingerprint density at radius 2 is 2.00 bits per heavy atom. The van der Waals surface area contributed by atoms with E-state index in [-0.39, 0.29) is 5.91 Å². The molecule has 0 spiro atoms. The summed E-state index contributed by atoms with van der Waals surface area (Å²) < 4.78 is 0. The first-order valence-electron chi connectivity index (χ1n) is 10.1. The quantitative estimate of drug-likeness (QED) is 0.410. The molecule has 0 radical (unpaired) electrons. The summed E-state index contributed by atoms with van der Waals surface area (Å²) in [4.78, 5) is 21.1. The number of carbonyl (C=O) groups is 1. The predicted molar refractivity (Wildman–Crippen MR) is 119 cm³/mol. The topological polar surface area (TPSA) is 54.9 Å². The van der Waals surface area contributed by atoms with Crippen molar-refractivity contribution < 1.29 is 4.79 Å². The Morgan fingerprint density at radius 3 is 2.79 bits per heavy atom. The van der Waals surface area contributed by atoms with Gasteiger partial charge in [-0.05, 0) is 80.0 Å². The molecule has 0 aliphatic carbocycles. The first-order valence-corrected chi connectivity index (χ1v) is 10.5. The number of amides is 1. The number of benzene rings is 1. The minimum absolute atomic E-state index is 0.0509. The molecule has 5 heteroatoms. The van der Waals surface area contributed by atoms with Crippen molar-refractivity contribution in [1.82, 2.24) is 15.3 Å². The molecule has 2 heterocycles. The molecule has 3 rings (SSSR count). The SMILES string of the molecule is Cc1cnc(CC(C)CCCNC(=O)Cc2ccc3nc(Cl)ccc3c2)c(C)c1. The molecule has 1 unspecified atom stereocenters. The van der Waals surface area contributed by atoms with Crippen molar-refractivity contribution in [3.05, 3.63) is 70.1 Å². The summed E-state index contributed by atoms with van der Waals surface area (Å²) in [5.41, 5.74) is 5.47. The van der Waals surface area contributed by atoms with Crippen LogP contribution >= 0.6 is 11.6 Å². The van der Waals surface area contributed by atoms with Gasteiger partial charge in [-0.25, -0.2) is 4.98 Å². The fraction of sp³-hybridized carbons (Fsp3) is 0.375. The summed E-state index contributed by atoms with van der Waals surface area (Å²) in [7, 11) is 0. The maximum Gasteiger partial charge on any atom is 0.224 e. The molecule has 1 amide bonds. The standard InChI is InChI=1S/C24H28ClN3O/c1-16(12-22-18(3)11-17(2)15-27-22)5-4-10-26-24(29)14-19-6-8-21-20(13-19)7-9-23(25)28-21/h6-9,11,13,15-16H,4-5,10,12,14H2,1-3H3,(H,26,29). The Balaban J connectivity index is 1.41. The summed E-state index contributed by atoms with van der Waals surface area (Å²) in [5, 5.41) is 4.51. The van der Waals surface area contributed by atoms with Crippen molar-refractivity contribution in [2.75, 3.05) is 6.54 Å². The van der Waals surface area contributed by atoms with Gasteiger partial charge in [-0.2, -0.15) is 0 Å². The zero-order valence-electron chi connectivity index (χ0n) is 17.3. The van der Waals surface area contributed by atoms with Crippen molar-refractivity contribution in [2.45, 2.75) is 46.5 Å². The lowest BCUT2D eigenvalue weighted by Gasteiger charge is -2.13. The number of aryl methyl sites for hydroxylation is 2. The van der Waals surface area contributed by atoms with Crippen LogP contribution in [0.15, 0.2) is 42.6 Å². The van der Waals surface area contributed by atoms with Gasteiger partial charge in [-0.15, -0.1) is 0 Å². The van der Waals surface area contributed by atoms with Crippen LogP contribution in [0, 0.1) is 19.8 Å². The molecule has 1 aromatic carbocycles. The highest BCUT2D eigenvalue weighted by molar-refractivity contribution is 6.29. The lowest BCUT2D eigenvalue weighted by atomic mass is 9.97. The predicted octanol–water partition coefficient (Wildman–Crippen LogP) is 5.22. The van der Waals surface area contributed by atoms with E-state index in [1.807, 2.05) is 30.5 Å². The van der Waals surface area contributed by atoms with Crippen LogP contribution in [-0.4, -0.2) is 22.4 Å². The number of aromatic nitrogens is 2. The molecule has 0 aliphatic heterocycles. The van der Waals surface area contributed by atoms with E-state index in [1.54, 1.807) is 6.07 Å². The summed E-state index contributed by atoms with van der Waals surface area (Å²) in [6.07, 6.45) is 5.33. The number of hydrogen-bond donors (Lipinski definition) is 1. The molecule has 29 heavy (non-hydrogen) atoms. The number of halogens is 1. The normalized spacial score (nSPS) is 12.1. The van der Waals surface area contributed by atoms with E-state index in [0.29, 0.717) is 24.0 Å². The van der Waals surface area contributed by atoms with Gasteiger partial charge in [-0.3, -0.25) is 9.78 Å². The van der Waals surface area contributed by atoms with Crippen LogP contribution < -0.4 is 5.32 Å². The fourth-order valence-electron chi connectivity index (χ4n) is 3.58. The van der Waals surface area contributed by atoms with Gasteiger partial charge in [0.15, 0.2) is 0 Å². The maximum atomic E-state index is 12.3. The van der Waals surface area contributed by atoms with Crippen LogP contribution in [0.5, 0.6) is 0 Å². The number of rotatable bonds is 8. The van der Waals surface area contributed by atoms with Crippen LogP contribution in [0.4, 0.5) is 0 Å². The smallest absolute Gasteiger partial charge is 0.224 e. The third-order valence-electron chi connectivity index (χ3n) is 5.15. The largest absolute Gasteiger partial charge is 0.356 e. The van der Waals surface area contributed by atoms with E-state index >= 15 is 0 Å². The minimum Gasteiger partial charge on any atom is -0.356 e. The first kappa shape index (κ1) is 21.3. The maximum absolute atomic E-state index is 12.3. The number of nitrogens with zero attached hydrogens (tertiary/aromatic N) is 2. The molecule has 1 atom stereocenters. The van der Waals surface area contributed by atoms with Gasteiger partial charge < -0.3 is 5.32 Å². The molecule has 4 nitrogen and oxygen atoms in total. The van der Waals surface area contributed by atoms with Gasteiger partial charge >= 0.3 is 0 Å². The van der Waals surface area contributed by atoms with Crippen molar-refractivity contribution in [3.63, 3.8) is 0 Å². The van der Waals surface area contributed by atoms with Crippen molar-refractivity contribution in [3.8, 4) is 0 Å². The summed E-state index contributed by atoms with van der Waals surface area (Å²) >= 11 is 5.92. The monoisotopic (exact) mass is 409 g/mol. The summed E-state index contributed by atoms with van der Waals surface area (Å²) in [6.45, 7) is 7.15. The number of pyridine rings is 2. The second-order valence-corrected chi connectivity index (χ2v) is 8.30. The molecule has 2 aromatic heterocycles. The molecule has 0 fully saturated rings. The zero-order chi connectivity index (χ0) is 20.8. The third kappa shape index (κ3) is 6.26. The Hall–Kier alpha value is -2.46. The molecule has 0 bridgehead atoms. The fourth-order valence-corrected chi connectivity index (χ4v) is 3.73. The molecule has 152 valence electrons. The van der Waals surface area contributed by atoms with E-state index in [9.17, 15) is 4.79 Å². The van der Waals surface area contributed by atoms with Gasteiger partial charge in [0.2, 0.25) is 5.91 Å². The molecular formula is C24H28ClN3O. The van der Waals surface area contributed by atoms with E-state index in [0.717, 1.165) is 35.7 Å². The molecule has 0 aliphatic rings. The average Bonchev–Trinajstić information content (AvgIpc) is 2.67. The van der Waals surface area contributed by atoms with Crippen LogP contribution in [-0.2, 0) is 17.6 Å². The van der Waals surface area contributed by atoms with Gasteiger partial charge in [0, 0.05) is 23.8 Å². The van der Waals surface area contributed by atoms with Crippen LogP contribution in [0.3, 0.4) is 0 Å². The van der Waals surface area contributed by atoms with Crippen molar-refractivity contribution in [1.29, 1.82) is 0 Å². The molecule has 0 saturated carbocycles. The average molecular weight is 410 g/mol. The first-order chi connectivity index (χ1) is 13.9. The number of hydrogen-bond acceptors (Lipinski definition) is 3. The molecular weight excluding hydrogens is 382 g/mol. The van der Waals surface area contributed by atoms with Crippen LogP contribution in [0.25, 0.3) is 10.9 Å². The number of fused-ring (bicyclic) bond motifs is 1. The second-order valence-electron chi connectivity index (χ2n) is 7.92. The van der Waals surface area contributed by atoms with Crippen molar-refractivity contribution >= 4 is 28.4 Å². The lowest BCUT2D eigenvalue weighted by Crippen LogP contribution is -2.26. The second kappa shape index (κ2) is 9.84. The van der Waals surface area contributed by atoms with Gasteiger partial charge in [0.25, 0.3) is 0 Å². The third-order valence-corrected chi connectivity index (χ3v) is 5.36. The van der Waals surface area contributed by atoms with E-state index in [1.165, 1.54) is 16.8 Å². The Labute approximate surface area is 177 Å². The molecule has 0 saturated heterocycles. The number of carbonyl (C=O) groups excluding carboxylic acids is 1. The van der Waals surface area contributed by atoms with E-state index in [2.05, 4.69) is 42.1 Å². The highest BCUT2D eigenvalue weighted by Crippen LogP contribution is 2.18. The zero-order valence-corrected chi connectivity index (χ0v) is 18.1. The summed E-state index contributed by atoms with van der Waals surface area (Å²) in [6, 6.07) is 11.7. The Kier molecular flexibility index (Phi) is 7.21. The molecule has 1 N–H and O–H groups in total. The highest BCUT2D eigenvalue weighted by atomic mass is 35.5. The Bertz CT molecular complexity index is 1000. The van der Waals surface area contributed by atoms with Gasteiger partial charge in [0.05, 0.1) is 11.9 Å². The Morgan fingerprint density at radius 1 is 1.17 bits per heavy atom. The van der Waals surface area contributed by atoms with Crippen LogP contribution in [0.2, 0.25) is 5.15 Å². The summed E-state index contributed by atoms with van der Waals surface area (Å²) in [5.74, 6) is 0.593. The lowest BCUT2D eigenvalue weighted by molar-refractivity contribution is -0.120. The highest BCUT2D eigenvalue weighted by Gasteiger charge is 2.09. The van der Waals surface area contributed by atoms with Crippen molar-refractivity contribution in [2.24, 2.45) is 5.92 Å².